The van der Waals surface area contributed by atoms with Crippen molar-refractivity contribution in [2.75, 3.05) is 6.54 Å². The zero-order valence-electron chi connectivity index (χ0n) is 19.8. The molecule has 0 aromatic rings. The molecule has 0 saturated heterocycles. The highest BCUT2D eigenvalue weighted by atomic mass is 14.9. The molecule has 0 heterocycles. The van der Waals surface area contributed by atoms with Crippen LogP contribution in [0.2, 0.25) is 0 Å². The minimum Gasteiger partial charge on any atom is -0.380 e. The number of hydrogen-bond acceptors (Lipinski definition) is 3. The SMILES string of the molecule is C=C(CC=CC/C(C)=C(\C)NC1=CC(=CC)C1=C)CNC(=C)C(CC)=N/C(C)=C/C. The van der Waals surface area contributed by atoms with Crippen molar-refractivity contribution in [3.63, 3.8) is 0 Å². The molecule has 30 heavy (non-hydrogen) atoms. The Bertz CT molecular complexity index is 855. The third kappa shape index (κ3) is 7.90. The van der Waals surface area contributed by atoms with E-state index >= 15 is 0 Å². The molecule has 1 aliphatic carbocycles. The van der Waals surface area contributed by atoms with E-state index in [4.69, 9.17) is 0 Å². The van der Waals surface area contributed by atoms with Crippen LogP contribution in [0.3, 0.4) is 0 Å². The summed E-state index contributed by atoms with van der Waals surface area (Å²) in [4.78, 5) is 4.60. The van der Waals surface area contributed by atoms with E-state index in [2.05, 4.69) is 80.4 Å². The number of rotatable bonds is 12. The molecule has 0 spiro atoms. The maximum Gasteiger partial charge on any atom is 0.0628 e. The van der Waals surface area contributed by atoms with Crippen LogP contribution >= 0.6 is 0 Å². The molecule has 0 fully saturated rings. The average molecular weight is 406 g/mol. The van der Waals surface area contributed by atoms with Crippen LogP contribution < -0.4 is 10.6 Å². The first-order chi connectivity index (χ1) is 14.2. The van der Waals surface area contributed by atoms with Crippen LogP contribution in [0, 0.1) is 0 Å². The number of nitrogens with one attached hydrogen (secondary N) is 2. The first kappa shape index (κ1) is 25.2. The topological polar surface area (TPSA) is 36.4 Å². The van der Waals surface area contributed by atoms with Crippen molar-refractivity contribution in [2.24, 2.45) is 4.99 Å². The Morgan fingerprint density at radius 3 is 2.33 bits per heavy atom. The lowest BCUT2D eigenvalue weighted by Gasteiger charge is -2.24. The van der Waals surface area contributed by atoms with E-state index in [1.54, 1.807) is 0 Å². The van der Waals surface area contributed by atoms with Crippen molar-refractivity contribution in [3.05, 3.63) is 95.2 Å². The predicted octanol–water partition coefficient (Wildman–Crippen LogP) is 7.04. The van der Waals surface area contributed by atoms with Gasteiger partial charge in [-0.05, 0) is 71.1 Å². The summed E-state index contributed by atoms with van der Waals surface area (Å²) < 4.78 is 0. The summed E-state index contributed by atoms with van der Waals surface area (Å²) >= 11 is 0. The smallest absolute Gasteiger partial charge is 0.0628 e. The lowest BCUT2D eigenvalue weighted by atomic mass is 9.92. The standard InChI is InChI=1S/C27H39N3/c1-10-21(6)29-26(12-3)24(9)28-18-19(4)15-13-14-16-20(5)23(8)30-27-17-25(11-2)22(27)7/h10-11,13-14,17,28,30H,4,7,9,12,15-16,18H2,1-3,5-6,8H3/b14-13?,21-10+,23-20+,25-11?,29-26?. The molecule has 1 rings (SSSR count). The predicted molar refractivity (Wildman–Crippen MR) is 134 cm³/mol. The molecule has 3 heteroatoms. The van der Waals surface area contributed by atoms with Gasteiger partial charge in [0.05, 0.1) is 5.71 Å². The second-order valence-electron chi connectivity index (χ2n) is 7.61. The lowest BCUT2D eigenvalue weighted by Crippen LogP contribution is -2.21. The van der Waals surface area contributed by atoms with Gasteiger partial charge in [-0.25, -0.2) is 0 Å². The van der Waals surface area contributed by atoms with Crippen LogP contribution in [0.4, 0.5) is 0 Å². The molecule has 1 aliphatic rings. The maximum atomic E-state index is 4.60. The van der Waals surface area contributed by atoms with Crippen molar-refractivity contribution in [3.8, 4) is 0 Å². The molecule has 162 valence electrons. The summed E-state index contributed by atoms with van der Waals surface area (Å²) in [6.45, 7) is 25.5. The Balaban J connectivity index is 2.45. The van der Waals surface area contributed by atoms with Gasteiger partial charge in [-0.1, -0.05) is 62.1 Å². The van der Waals surface area contributed by atoms with Crippen molar-refractivity contribution in [1.29, 1.82) is 0 Å². The van der Waals surface area contributed by atoms with Gasteiger partial charge in [-0.2, -0.15) is 0 Å². The van der Waals surface area contributed by atoms with Gasteiger partial charge in [0.1, 0.15) is 0 Å². The summed E-state index contributed by atoms with van der Waals surface area (Å²) in [5, 5.41) is 6.81. The fourth-order valence-corrected chi connectivity index (χ4v) is 2.79. The van der Waals surface area contributed by atoms with Gasteiger partial charge in [0.25, 0.3) is 0 Å². The molecule has 0 unspecified atom stereocenters. The van der Waals surface area contributed by atoms with Gasteiger partial charge in [0.15, 0.2) is 0 Å². The highest BCUT2D eigenvalue weighted by molar-refractivity contribution is 5.99. The zero-order chi connectivity index (χ0) is 22.7. The minimum atomic E-state index is 0.704. The molecule has 0 atom stereocenters. The number of nitrogens with zero attached hydrogens (tertiary/aromatic N) is 1. The highest BCUT2D eigenvalue weighted by Gasteiger charge is 2.16. The van der Waals surface area contributed by atoms with E-state index in [1.807, 2.05) is 26.8 Å². The summed E-state index contributed by atoms with van der Waals surface area (Å²) in [5.41, 5.74) is 9.90. The van der Waals surface area contributed by atoms with Gasteiger partial charge < -0.3 is 10.6 Å². The number of allylic oxidation sites excluding steroid dienone is 10. The van der Waals surface area contributed by atoms with Gasteiger partial charge in [0, 0.05) is 29.3 Å². The summed E-state index contributed by atoms with van der Waals surface area (Å²) in [6.07, 6.45) is 13.2. The Hall–Kier alpha value is -2.81. The van der Waals surface area contributed by atoms with E-state index in [1.165, 1.54) is 16.8 Å². The van der Waals surface area contributed by atoms with Crippen LogP contribution in [0.5, 0.6) is 0 Å². The Morgan fingerprint density at radius 1 is 1.10 bits per heavy atom. The number of aliphatic imine (C=N–C) groups is 1. The second-order valence-corrected chi connectivity index (χ2v) is 7.61. The monoisotopic (exact) mass is 405 g/mol. The molecule has 3 nitrogen and oxygen atoms in total. The van der Waals surface area contributed by atoms with Crippen LogP contribution in [0.25, 0.3) is 0 Å². The van der Waals surface area contributed by atoms with Crippen molar-refractivity contribution in [2.45, 2.75) is 60.8 Å². The van der Waals surface area contributed by atoms with Crippen molar-refractivity contribution < 1.29 is 0 Å². The van der Waals surface area contributed by atoms with Gasteiger partial charge in [-0.15, -0.1) is 0 Å². The molecule has 0 bridgehead atoms. The molecule has 0 aliphatic heterocycles. The molecule has 0 radical (unpaired) electrons. The maximum absolute atomic E-state index is 4.60. The van der Waals surface area contributed by atoms with Gasteiger partial charge in [-0.3, -0.25) is 4.99 Å². The first-order valence-corrected chi connectivity index (χ1v) is 10.7. The third-order valence-corrected chi connectivity index (χ3v) is 5.21. The normalized spacial score (nSPS) is 16.9. The average Bonchev–Trinajstić information content (AvgIpc) is 2.74. The first-order valence-electron chi connectivity index (χ1n) is 10.7. The van der Waals surface area contributed by atoms with E-state index in [0.717, 1.165) is 53.2 Å². The molecule has 0 amide bonds. The van der Waals surface area contributed by atoms with Crippen LogP contribution in [-0.4, -0.2) is 12.3 Å². The molecule has 0 aromatic carbocycles. The summed E-state index contributed by atoms with van der Waals surface area (Å²) in [7, 11) is 0. The summed E-state index contributed by atoms with van der Waals surface area (Å²) in [6, 6.07) is 0. The Morgan fingerprint density at radius 2 is 1.77 bits per heavy atom. The Labute approximate surface area is 184 Å². The number of hydrogen-bond donors (Lipinski definition) is 2. The van der Waals surface area contributed by atoms with E-state index in [0.29, 0.717) is 6.54 Å². The largest absolute Gasteiger partial charge is 0.380 e. The van der Waals surface area contributed by atoms with E-state index in [9.17, 15) is 0 Å². The third-order valence-electron chi connectivity index (χ3n) is 5.21. The fraction of sp³-hybridized carbons (Fsp3) is 0.370. The molecular weight excluding hydrogens is 366 g/mol. The lowest BCUT2D eigenvalue weighted by molar-refractivity contribution is 0.883. The molecular formula is C27H39N3. The summed E-state index contributed by atoms with van der Waals surface area (Å²) in [5.74, 6) is 0. The quantitative estimate of drug-likeness (QED) is 0.270. The van der Waals surface area contributed by atoms with Gasteiger partial charge in [0.2, 0.25) is 0 Å². The highest BCUT2D eigenvalue weighted by Crippen LogP contribution is 2.29. The molecule has 0 aromatic heterocycles. The second kappa shape index (κ2) is 12.7. The Kier molecular flexibility index (Phi) is 10.7. The minimum absolute atomic E-state index is 0.704. The fourth-order valence-electron chi connectivity index (χ4n) is 2.79. The van der Waals surface area contributed by atoms with Crippen LogP contribution in [0.15, 0.2) is 100 Å². The van der Waals surface area contributed by atoms with Crippen LogP contribution in [0.1, 0.15) is 60.8 Å². The van der Waals surface area contributed by atoms with Gasteiger partial charge >= 0.3 is 0 Å². The van der Waals surface area contributed by atoms with E-state index < -0.39 is 0 Å². The molecule has 2 N–H and O–H groups in total. The van der Waals surface area contributed by atoms with Crippen molar-refractivity contribution >= 4 is 5.71 Å². The van der Waals surface area contributed by atoms with Crippen molar-refractivity contribution in [1.82, 2.24) is 10.6 Å². The van der Waals surface area contributed by atoms with E-state index in [-0.39, 0.29) is 0 Å². The van der Waals surface area contributed by atoms with Crippen LogP contribution in [-0.2, 0) is 0 Å². The zero-order valence-corrected chi connectivity index (χ0v) is 19.8. The molecule has 0 saturated carbocycles.